The van der Waals surface area contributed by atoms with Gasteiger partial charge in [0.25, 0.3) is 0 Å². The average Bonchev–Trinajstić information content (AvgIpc) is 2.66. The van der Waals surface area contributed by atoms with Gasteiger partial charge in [0.05, 0.1) is 11.6 Å². The molecule has 1 aliphatic carbocycles. The molecule has 5 heteroatoms. The summed E-state index contributed by atoms with van der Waals surface area (Å²) in [5.74, 6) is 0. The van der Waals surface area contributed by atoms with E-state index in [1.54, 1.807) is 10.8 Å². The minimum atomic E-state index is -0.0962. The molecule has 5 nitrogen and oxygen atoms in total. The predicted octanol–water partition coefficient (Wildman–Crippen LogP) is 1.17. The number of pyridine rings is 1. The van der Waals surface area contributed by atoms with E-state index in [-0.39, 0.29) is 17.8 Å². The summed E-state index contributed by atoms with van der Waals surface area (Å²) in [6.07, 6.45) is 5.94. The molecule has 0 bridgehead atoms. The second-order valence-corrected chi connectivity index (χ2v) is 4.69. The van der Waals surface area contributed by atoms with Gasteiger partial charge in [-0.25, -0.2) is 9.78 Å². The lowest BCUT2D eigenvalue weighted by molar-refractivity contribution is 0.305. The highest BCUT2D eigenvalue weighted by Crippen LogP contribution is 2.27. The molecule has 2 aromatic rings. The molecule has 2 aromatic heterocycles. The lowest BCUT2D eigenvalue weighted by Gasteiger charge is -2.29. The summed E-state index contributed by atoms with van der Waals surface area (Å²) in [7, 11) is 0. The molecule has 2 unspecified atom stereocenters. The number of nitrogens with one attached hydrogen (secondary N) is 1. The van der Waals surface area contributed by atoms with Gasteiger partial charge in [-0.2, -0.15) is 0 Å². The van der Waals surface area contributed by atoms with Crippen LogP contribution >= 0.6 is 0 Å². The van der Waals surface area contributed by atoms with Crippen LogP contribution < -0.4 is 11.4 Å². The van der Waals surface area contributed by atoms with Gasteiger partial charge in [-0.1, -0.05) is 12.8 Å². The van der Waals surface area contributed by atoms with Crippen LogP contribution in [0.5, 0.6) is 0 Å². The Labute approximate surface area is 98.7 Å². The van der Waals surface area contributed by atoms with E-state index in [9.17, 15) is 4.79 Å². The zero-order valence-electron chi connectivity index (χ0n) is 9.60. The molecule has 0 radical (unpaired) electrons. The van der Waals surface area contributed by atoms with Crippen molar-refractivity contribution < 1.29 is 0 Å². The summed E-state index contributed by atoms with van der Waals surface area (Å²) in [5.41, 5.74) is 7.54. The number of hydrogen-bond acceptors (Lipinski definition) is 3. The first-order valence-corrected chi connectivity index (χ1v) is 6.08. The second-order valence-electron chi connectivity index (χ2n) is 4.69. The number of aromatic amines is 1. The van der Waals surface area contributed by atoms with Crippen LogP contribution in [0.2, 0.25) is 0 Å². The standard InChI is InChI=1S/C12H16N4O/c13-8-4-1-2-6-10(8)16-11-9(15-12(16)17)5-3-7-14-11/h3,5,7-8,10H,1-2,4,6,13H2,(H,15,17). The third-order valence-corrected chi connectivity index (χ3v) is 3.59. The third-order valence-electron chi connectivity index (χ3n) is 3.59. The largest absolute Gasteiger partial charge is 0.327 e. The molecule has 3 N–H and O–H groups in total. The van der Waals surface area contributed by atoms with Crippen LogP contribution in [0.1, 0.15) is 31.7 Å². The maximum Gasteiger partial charge on any atom is 0.327 e. The maximum absolute atomic E-state index is 12.0. The van der Waals surface area contributed by atoms with E-state index in [0.717, 1.165) is 36.8 Å². The fourth-order valence-corrected chi connectivity index (χ4v) is 2.73. The van der Waals surface area contributed by atoms with Crippen molar-refractivity contribution >= 4 is 11.2 Å². The predicted molar refractivity (Wildman–Crippen MR) is 65.8 cm³/mol. The highest BCUT2D eigenvalue weighted by Gasteiger charge is 2.26. The van der Waals surface area contributed by atoms with Gasteiger partial charge in [0, 0.05) is 12.2 Å². The molecule has 0 spiro atoms. The minimum Gasteiger partial charge on any atom is -0.326 e. The van der Waals surface area contributed by atoms with E-state index >= 15 is 0 Å². The van der Waals surface area contributed by atoms with E-state index in [4.69, 9.17) is 5.73 Å². The number of H-pyrrole nitrogens is 1. The molecule has 0 aromatic carbocycles. The fraction of sp³-hybridized carbons (Fsp3) is 0.500. The number of aromatic nitrogens is 3. The summed E-state index contributed by atoms with van der Waals surface area (Å²) in [5, 5.41) is 0. The van der Waals surface area contributed by atoms with Gasteiger partial charge in [0.1, 0.15) is 0 Å². The Balaban J connectivity index is 2.15. The summed E-state index contributed by atoms with van der Waals surface area (Å²) in [6.45, 7) is 0. The zero-order chi connectivity index (χ0) is 11.8. The molecular weight excluding hydrogens is 216 g/mol. The summed E-state index contributed by atoms with van der Waals surface area (Å²) < 4.78 is 1.74. The van der Waals surface area contributed by atoms with Crippen molar-refractivity contribution in [2.75, 3.05) is 0 Å². The number of rotatable bonds is 1. The van der Waals surface area contributed by atoms with Crippen LogP contribution in [0.3, 0.4) is 0 Å². The second kappa shape index (κ2) is 4.00. The monoisotopic (exact) mass is 232 g/mol. The summed E-state index contributed by atoms with van der Waals surface area (Å²) >= 11 is 0. The third kappa shape index (κ3) is 1.67. The lowest BCUT2D eigenvalue weighted by Crippen LogP contribution is -2.38. The molecule has 3 rings (SSSR count). The first-order chi connectivity index (χ1) is 8.27. The zero-order valence-corrected chi connectivity index (χ0v) is 9.60. The Morgan fingerprint density at radius 3 is 3.06 bits per heavy atom. The molecule has 0 amide bonds. The lowest BCUT2D eigenvalue weighted by atomic mass is 9.91. The van der Waals surface area contributed by atoms with Crippen molar-refractivity contribution in [3.63, 3.8) is 0 Å². The molecule has 90 valence electrons. The van der Waals surface area contributed by atoms with Gasteiger partial charge < -0.3 is 10.7 Å². The number of nitrogens with two attached hydrogens (primary N) is 1. The first kappa shape index (κ1) is 10.5. The van der Waals surface area contributed by atoms with Gasteiger partial charge in [-0.15, -0.1) is 0 Å². The molecule has 2 atom stereocenters. The Hall–Kier alpha value is -1.62. The molecular formula is C12H16N4O. The molecule has 0 aliphatic heterocycles. The Kier molecular flexibility index (Phi) is 2.48. The smallest absolute Gasteiger partial charge is 0.326 e. The number of imidazole rings is 1. The van der Waals surface area contributed by atoms with E-state index < -0.39 is 0 Å². The van der Waals surface area contributed by atoms with Crippen LogP contribution in [0.25, 0.3) is 11.2 Å². The van der Waals surface area contributed by atoms with Gasteiger partial charge in [0.15, 0.2) is 5.65 Å². The molecule has 17 heavy (non-hydrogen) atoms. The Morgan fingerprint density at radius 2 is 2.24 bits per heavy atom. The van der Waals surface area contributed by atoms with Crippen LogP contribution in [0.4, 0.5) is 0 Å². The number of nitrogens with zero attached hydrogens (tertiary/aromatic N) is 2. The van der Waals surface area contributed by atoms with E-state index in [1.165, 1.54) is 0 Å². The number of hydrogen-bond donors (Lipinski definition) is 2. The summed E-state index contributed by atoms with van der Waals surface area (Å²) in [6, 6.07) is 3.83. The molecule has 1 fully saturated rings. The Morgan fingerprint density at radius 1 is 1.41 bits per heavy atom. The van der Waals surface area contributed by atoms with Crippen LogP contribution in [-0.2, 0) is 0 Å². The van der Waals surface area contributed by atoms with E-state index in [1.807, 2.05) is 12.1 Å². The average molecular weight is 232 g/mol. The van der Waals surface area contributed by atoms with E-state index in [2.05, 4.69) is 9.97 Å². The van der Waals surface area contributed by atoms with Gasteiger partial charge >= 0.3 is 5.69 Å². The highest BCUT2D eigenvalue weighted by atomic mass is 16.1. The van der Waals surface area contributed by atoms with Crippen molar-refractivity contribution in [2.24, 2.45) is 5.73 Å². The van der Waals surface area contributed by atoms with Gasteiger partial charge in [-0.3, -0.25) is 4.57 Å². The minimum absolute atomic E-state index is 0.0578. The summed E-state index contributed by atoms with van der Waals surface area (Å²) in [4.78, 5) is 19.1. The highest BCUT2D eigenvalue weighted by molar-refractivity contribution is 5.70. The van der Waals surface area contributed by atoms with Crippen molar-refractivity contribution in [1.29, 1.82) is 0 Å². The fourth-order valence-electron chi connectivity index (χ4n) is 2.73. The van der Waals surface area contributed by atoms with Crippen molar-refractivity contribution in [2.45, 2.75) is 37.8 Å². The van der Waals surface area contributed by atoms with Crippen molar-refractivity contribution in [3.8, 4) is 0 Å². The number of fused-ring (bicyclic) bond motifs is 1. The topological polar surface area (TPSA) is 76.7 Å². The Bertz CT molecular complexity index is 585. The van der Waals surface area contributed by atoms with Crippen LogP contribution in [0.15, 0.2) is 23.1 Å². The molecule has 2 heterocycles. The maximum atomic E-state index is 12.0. The normalized spacial score (nSPS) is 25.2. The SMILES string of the molecule is NC1CCCCC1n1c(=O)[nH]c2cccnc21. The quantitative estimate of drug-likeness (QED) is 0.774. The first-order valence-electron chi connectivity index (χ1n) is 6.08. The van der Waals surface area contributed by atoms with Crippen LogP contribution in [-0.4, -0.2) is 20.6 Å². The molecule has 0 saturated heterocycles. The van der Waals surface area contributed by atoms with Gasteiger partial charge in [0.2, 0.25) is 0 Å². The van der Waals surface area contributed by atoms with Crippen molar-refractivity contribution in [3.05, 3.63) is 28.8 Å². The van der Waals surface area contributed by atoms with Crippen LogP contribution in [0, 0.1) is 0 Å². The molecule has 1 saturated carbocycles. The molecule has 1 aliphatic rings. The van der Waals surface area contributed by atoms with Crippen molar-refractivity contribution in [1.82, 2.24) is 14.5 Å². The van der Waals surface area contributed by atoms with Gasteiger partial charge in [-0.05, 0) is 25.0 Å². The van der Waals surface area contributed by atoms with E-state index in [0.29, 0.717) is 0 Å².